The summed E-state index contributed by atoms with van der Waals surface area (Å²) >= 11 is 1.31. The van der Waals surface area contributed by atoms with Crippen LogP contribution in [0.15, 0.2) is 35.7 Å². The zero-order chi connectivity index (χ0) is 15.4. The van der Waals surface area contributed by atoms with Gasteiger partial charge in [0.1, 0.15) is 4.88 Å². The zero-order valence-corrected chi connectivity index (χ0v) is 13.0. The van der Waals surface area contributed by atoms with Gasteiger partial charge in [-0.15, -0.1) is 11.3 Å². The largest absolute Gasteiger partial charge is 0.448 e. The number of anilines is 1. The van der Waals surface area contributed by atoms with E-state index < -0.39 is 12.1 Å². The Labute approximate surface area is 127 Å². The molecule has 2 rings (SSSR count). The van der Waals surface area contributed by atoms with E-state index in [9.17, 15) is 9.59 Å². The van der Waals surface area contributed by atoms with Gasteiger partial charge in [-0.3, -0.25) is 4.79 Å². The van der Waals surface area contributed by atoms with Crippen LogP contribution in [0.1, 0.15) is 27.7 Å². The maximum absolute atomic E-state index is 12.0. The van der Waals surface area contributed by atoms with E-state index in [1.807, 2.05) is 43.5 Å². The summed E-state index contributed by atoms with van der Waals surface area (Å²) in [5.74, 6) is -0.808. The molecular formula is C16H17NO3S. The molecule has 1 atom stereocenters. The number of carbonyl (C=O) groups is 2. The number of hydrogen-bond acceptors (Lipinski definition) is 4. The smallest absolute Gasteiger partial charge is 0.349 e. The van der Waals surface area contributed by atoms with Crippen LogP contribution in [0.4, 0.5) is 5.69 Å². The summed E-state index contributed by atoms with van der Waals surface area (Å²) in [4.78, 5) is 24.5. The van der Waals surface area contributed by atoms with E-state index in [1.54, 1.807) is 13.0 Å². The molecule has 0 saturated heterocycles. The first-order chi connectivity index (χ1) is 9.97. The lowest BCUT2D eigenvalue weighted by Crippen LogP contribution is -2.29. The minimum atomic E-state index is -0.848. The number of hydrogen-bond donors (Lipinski definition) is 1. The van der Waals surface area contributed by atoms with E-state index >= 15 is 0 Å². The molecule has 0 spiro atoms. The molecule has 1 amide bonds. The van der Waals surface area contributed by atoms with E-state index in [1.165, 1.54) is 11.3 Å². The van der Waals surface area contributed by atoms with Gasteiger partial charge in [0.2, 0.25) is 0 Å². The summed E-state index contributed by atoms with van der Waals surface area (Å²) in [6.07, 6.45) is -0.848. The van der Waals surface area contributed by atoms with Crippen LogP contribution < -0.4 is 5.32 Å². The second kappa shape index (κ2) is 6.54. The summed E-state index contributed by atoms with van der Waals surface area (Å²) in [6.45, 7) is 5.34. The minimum Gasteiger partial charge on any atom is -0.448 e. The molecule has 1 heterocycles. The maximum atomic E-state index is 12.0. The number of nitrogens with one attached hydrogen (secondary N) is 1. The molecule has 0 unspecified atom stereocenters. The van der Waals surface area contributed by atoms with Crippen LogP contribution in [0.5, 0.6) is 0 Å². The van der Waals surface area contributed by atoms with Crippen LogP contribution in [0.25, 0.3) is 0 Å². The predicted octanol–water partition coefficient (Wildman–Crippen LogP) is 3.55. The minimum absolute atomic E-state index is 0.344. The van der Waals surface area contributed by atoms with Crippen molar-refractivity contribution in [2.75, 3.05) is 5.32 Å². The first-order valence-corrected chi connectivity index (χ1v) is 7.48. The highest BCUT2D eigenvalue weighted by molar-refractivity contribution is 7.12. The number of thiophene rings is 1. The molecule has 110 valence electrons. The number of amides is 1. The molecule has 1 aromatic heterocycles. The molecule has 2 aromatic rings. The third-order valence-corrected chi connectivity index (χ3v) is 3.98. The standard InChI is InChI=1S/C16H17NO3S/c1-10-5-4-6-13(9-10)17-15(18)12(3)20-16(19)14-11(2)7-8-21-14/h4-9,12H,1-3H3,(H,17,18)/t12-/m1/s1. The van der Waals surface area contributed by atoms with E-state index in [-0.39, 0.29) is 5.91 Å². The van der Waals surface area contributed by atoms with Crippen LogP contribution in [0.2, 0.25) is 0 Å². The van der Waals surface area contributed by atoms with Crippen LogP contribution >= 0.6 is 11.3 Å². The van der Waals surface area contributed by atoms with Gasteiger partial charge in [0.05, 0.1) is 0 Å². The Balaban J connectivity index is 1.97. The lowest BCUT2D eigenvalue weighted by molar-refractivity contribution is -0.123. The second-order valence-electron chi connectivity index (χ2n) is 4.84. The Bertz CT molecular complexity index is 663. The number of rotatable bonds is 4. The fourth-order valence-corrected chi connectivity index (χ4v) is 2.62. The molecule has 0 saturated carbocycles. The molecule has 0 fully saturated rings. The van der Waals surface area contributed by atoms with Crippen molar-refractivity contribution in [3.8, 4) is 0 Å². The number of benzene rings is 1. The molecule has 0 aliphatic rings. The van der Waals surface area contributed by atoms with Crippen molar-refractivity contribution in [1.82, 2.24) is 0 Å². The van der Waals surface area contributed by atoms with Crippen molar-refractivity contribution >= 4 is 28.9 Å². The average molecular weight is 303 g/mol. The molecular weight excluding hydrogens is 286 g/mol. The van der Waals surface area contributed by atoms with Crippen LogP contribution in [0, 0.1) is 13.8 Å². The highest BCUT2D eigenvalue weighted by Crippen LogP contribution is 2.18. The Hall–Kier alpha value is -2.14. The summed E-state index contributed by atoms with van der Waals surface area (Å²) in [7, 11) is 0. The number of ether oxygens (including phenoxy) is 1. The van der Waals surface area contributed by atoms with Gasteiger partial charge >= 0.3 is 5.97 Å². The molecule has 21 heavy (non-hydrogen) atoms. The zero-order valence-electron chi connectivity index (χ0n) is 12.2. The van der Waals surface area contributed by atoms with E-state index in [0.29, 0.717) is 10.6 Å². The SMILES string of the molecule is Cc1cccc(NC(=O)[C@@H](C)OC(=O)c2sccc2C)c1. The molecule has 1 aromatic carbocycles. The first kappa shape index (κ1) is 15.3. The van der Waals surface area contributed by atoms with Gasteiger partial charge in [0.25, 0.3) is 5.91 Å². The molecule has 5 heteroatoms. The summed E-state index contributed by atoms with van der Waals surface area (Å²) < 4.78 is 5.20. The fourth-order valence-electron chi connectivity index (χ4n) is 1.82. The molecule has 0 radical (unpaired) electrons. The summed E-state index contributed by atoms with van der Waals surface area (Å²) in [5, 5.41) is 4.56. The summed E-state index contributed by atoms with van der Waals surface area (Å²) in [5.41, 5.74) is 2.60. The van der Waals surface area contributed by atoms with Gasteiger partial charge in [-0.1, -0.05) is 12.1 Å². The molecule has 4 nitrogen and oxygen atoms in total. The normalized spacial score (nSPS) is 11.8. The molecule has 1 N–H and O–H groups in total. The molecule has 0 aliphatic heterocycles. The Morgan fingerprint density at radius 3 is 2.62 bits per heavy atom. The van der Waals surface area contributed by atoms with Gasteiger partial charge in [-0.25, -0.2) is 4.79 Å². The Morgan fingerprint density at radius 2 is 2.00 bits per heavy atom. The first-order valence-electron chi connectivity index (χ1n) is 6.60. The highest BCUT2D eigenvalue weighted by Gasteiger charge is 2.20. The van der Waals surface area contributed by atoms with Crippen LogP contribution in [-0.4, -0.2) is 18.0 Å². The topological polar surface area (TPSA) is 55.4 Å². The maximum Gasteiger partial charge on any atom is 0.349 e. The monoisotopic (exact) mass is 303 g/mol. The van der Waals surface area contributed by atoms with Crippen molar-refractivity contribution in [3.63, 3.8) is 0 Å². The fraction of sp³-hybridized carbons (Fsp3) is 0.250. The predicted molar refractivity (Wildman–Crippen MR) is 83.7 cm³/mol. The van der Waals surface area contributed by atoms with Crippen LogP contribution in [0.3, 0.4) is 0 Å². The van der Waals surface area contributed by atoms with Gasteiger partial charge in [0, 0.05) is 5.69 Å². The average Bonchev–Trinajstić information content (AvgIpc) is 2.85. The van der Waals surface area contributed by atoms with E-state index in [4.69, 9.17) is 4.74 Å². The number of aryl methyl sites for hydroxylation is 2. The van der Waals surface area contributed by atoms with E-state index in [2.05, 4.69) is 5.32 Å². The Morgan fingerprint density at radius 1 is 1.24 bits per heavy atom. The van der Waals surface area contributed by atoms with Gasteiger partial charge < -0.3 is 10.1 Å². The quantitative estimate of drug-likeness (QED) is 0.879. The lowest BCUT2D eigenvalue weighted by atomic mass is 10.2. The third-order valence-electron chi connectivity index (χ3n) is 2.99. The van der Waals surface area contributed by atoms with Crippen molar-refractivity contribution in [2.24, 2.45) is 0 Å². The van der Waals surface area contributed by atoms with Gasteiger partial charge in [-0.2, -0.15) is 0 Å². The van der Waals surface area contributed by atoms with Crippen molar-refractivity contribution < 1.29 is 14.3 Å². The Kier molecular flexibility index (Phi) is 4.75. The lowest BCUT2D eigenvalue weighted by Gasteiger charge is -2.13. The number of carbonyl (C=O) groups excluding carboxylic acids is 2. The molecule has 0 bridgehead atoms. The van der Waals surface area contributed by atoms with E-state index in [0.717, 1.165) is 11.1 Å². The highest BCUT2D eigenvalue weighted by atomic mass is 32.1. The third kappa shape index (κ3) is 3.92. The summed E-state index contributed by atoms with van der Waals surface area (Å²) in [6, 6.07) is 9.30. The van der Waals surface area contributed by atoms with Crippen molar-refractivity contribution in [3.05, 3.63) is 51.7 Å². The number of esters is 1. The van der Waals surface area contributed by atoms with Crippen molar-refractivity contribution in [1.29, 1.82) is 0 Å². The van der Waals surface area contributed by atoms with Gasteiger partial charge in [-0.05, 0) is 55.5 Å². The van der Waals surface area contributed by atoms with Crippen molar-refractivity contribution in [2.45, 2.75) is 26.9 Å². The van der Waals surface area contributed by atoms with Gasteiger partial charge in [0.15, 0.2) is 6.10 Å². The second-order valence-corrected chi connectivity index (χ2v) is 5.76. The molecule has 0 aliphatic carbocycles. The van der Waals surface area contributed by atoms with Crippen LogP contribution in [-0.2, 0) is 9.53 Å².